The molecule has 1 aliphatic carbocycles. The fourth-order valence-electron chi connectivity index (χ4n) is 5.04. The summed E-state index contributed by atoms with van der Waals surface area (Å²) in [6.07, 6.45) is -0.295. The molecule has 1 heterocycles. The van der Waals surface area contributed by atoms with Crippen LogP contribution in [0.2, 0.25) is 0 Å². The second-order valence-electron chi connectivity index (χ2n) is 8.92. The molecule has 178 valence electrons. The second-order valence-corrected chi connectivity index (χ2v) is 8.92. The Hall–Kier alpha value is -4.13. The van der Waals surface area contributed by atoms with E-state index in [2.05, 4.69) is 17.4 Å². The Labute approximate surface area is 203 Å². The summed E-state index contributed by atoms with van der Waals surface area (Å²) in [5, 5.41) is 12.0. The summed E-state index contributed by atoms with van der Waals surface area (Å²) < 4.78 is 5.65. The molecule has 2 N–H and O–H groups in total. The molecule has 0 saturated carbocycles. The maximum Gasteiger partial charge on any atom is 0.408 e. The molecule has 3 aromatic rings. The number of carbonyl (C=O) groups excluding carboxylic acids is 2. The molecule has 2 aliphatic rings. The van der Waals surface area contributed by atoms with Gasteiger partial charge in [0.05, 0.1) is 5.92 Å². The minimum atomic E-state index is -0.959. The lowest BCUT2D eigenvalue weighted by Gasteiger charge is -2.25. The Bertz CT molecular complexity index is 1210. The van der Waals surface area contributed by atoms with Gasteiger partial charge in [0, 0.05) is 19.0 Å². The van der Waals surface area contributed by atoms with Gasteiger partial charge in [0.15, 0.2) is 0 Å². The first-order chi connectivity index (χ1) is 17.0. The van der Waals surface area contributed by atoms with E-state index in [0.717, 1.165) is 22.3 Å². The standard InChI is InChI=1S/C28H26N2O5/c31-26(30-15-14-19(16-30)27(32)33)25(18-8-2-1-3-9-18)29-28(34)35-17-24-22-12-6-4-10-20(22)21-11-5-7-13-23(21)24/h1-13,19,24-25H,14-17H2,(H,29,34)(H,32,33). The van der Waals surface area contributed by atoms with Crippen molar-refractivity contribution in [1.29, 1.82) is 0 Å². The maximum atomic E-state index is 13.3. The fourth-order valence-corrected chi connectivity index (χ4v) is 5.04. The summed E-state index contributed by atoms with van der Waals surface area (Å²) >= 11 is 0. The van der Waals surface area contributed by atoms with Crippen molar-refractivity contribution in [3.05, 3.63) is 95.6 Å². The number of amides is 2. The van der Waals surface area contributed by atoms with Crippen LogP contribution in [0, 0.1) is 5.92 Å². The predicted molar refractivity (Wildman–Crippen MR) is 130 cm³/mol. The van der Waals surface area contributed by atoms with E-state index in [1.807, 2.05) is 42.5 Å². The molecular formula is C28H26N2O5. The number of fused-ring (bicyclic) bond motifs is 3. The normalized spacial score (nSPS) is 17.4. The van der Waals surface area contributed by atoms with Crippen molar-refractivity contribution in [2.75, 3.05) is 19.7 Å². The number of benzene rings is 3. The van der Waals surface area contributed by atoms with Gasteiger partial charge in [0.2, 0.25) is 5.91 Å². The van der Waals surface area contributed by atoms with Crippen molar-refractivity contribution < 1.29 is 24.2 Å². The number of hydrogen-bond acceptors (Lipinski definition) is 4. The molecule has 2 atom stereocenters. The van der Waals surface area contributed by atoms with Crippen LogP contribution < -0.4 is 5.32 Å². The Balaban J connectivity index is 1.31. The topological polar surface area (TPSA) is 95.9 Å². The van der Waals surface area contributed by atoms with Crippen LogP contribution in [-0.2, 0) is 14.3 Å². The Kier molecular flexibility index (Phi) is 6.23. The number of ether oxygens (including phenoxy) is 1. The molecule has 0 radical (unpaired) electrons. The Morgan fingerprint density at radius 3 is 2.11 bits per heavy atom. The van der Waals surface area contributed by atoms with Crippen LogP contribution >= 0.6 is 0 Å². The summed E-state index contributed by atoms with van der Waals surface area (Å²) in [4.78, 5) is 39.0. The van der Waals surface area contributed by atoms with Crippen LogP contribution in [0.5, 0.6) is 0 Å². The molecule has 2 unspecified atom stereocenters. The molecule has 0 aromatic heterocycles. The van der Waals surface area contributed by atoms with Crippen molar-refractivity contribution in [2.45, 2.75) is 18.4 Å². The first-order valence-electron chi connectivity index (χ1n) is 11.7. The molecule has 7 heteroatoms. The third-order valence-electron chi connectivity index (χ3n) is 6.83. The van der Waals surface area contributed by atoms with Gasteiger partial charge in [-0.2, -0.15) is 0 Å². The number of carboxylic acids is 1. The molecule has 1 fully saturated rings. The SMILES string of the molecule is O=C(NC(C(=O)N1CCC(C(=O)O)C1)c1ccccc1)OCC1c2ccccc2-c2ccccc21. The van der Waals surface area contributed by atoms with E-state index < -0.39 is 24.0 Å². The summed E-state index contributed by atoms with van der Waals surface area (Å²) in [5.41, 5.74) is 5.10. The van der Waals surface area contributed by atoms with Crippen molar-refractivity contribution in [1.82, 2.24) is 10.2 Å². The number of alkyl carbamates (subject to hydrolysis) is 1. The predicted octanol–water partition coefficient (Wildman–Crippen LogP) is 4.20. The highest BCUT2D eigenvalue weighted by molar-refractivity contribution is 5.88. The number of aliphatic carboxylic acids is 1. The highest BCUT2D eigenvalue weighted by Crippen LogP contribution is 2.44. The van der Waals surface area contributed by atoms with Gasteiger partial charge in [-0.1, -0.05) is 78.9 Å². The lowest BCUT2D eigenvalue weighted by Crippen LogP contribution is -2.42. The molecule has 1 saturated heterocycles. The van der Waals surface area contributed by atoms with Gasteiger partial charge in [-0.15, -0.1) is 0 Å². The molecule has 7 nitrogen and oxygen atoms in total. The molecule has 2 amide bonds. The summed E-state index contributed by atoms with van der Waals surface area (Å²) in [7, 11) is 0. The molecule has 5 rings (SSSR count). The van der Waals surface area contributed by atoms with Crippen molar-refractivity contribution in [2.24, 2.45) is 5.92 Å². The maximum absolute atomic E-state index is 13.3. The molecule has 0 spiro atoms. The van der Waals surface area contributed by atoms with E-state index in [1.54, 1.807) is 24.3 Å². The zero-order chi connectivity index (χ0) is 24.4. The van der Waals surface area contributed by atoms with Crippen LogP contribution in [0.4, 0.5) is 4.79 Å². The lowest BCUT2D eigenvalue weighted by atomic mass is 9.98. The Morgan fingerprint density at radius 2 is 1.51 bits per heavy atom. The molecule has 0 bridgehead atoms. The van der Waals surface area contributed by atoms with Gasteiger partial charge in [0.25, 0.3) is 0 Å². The quantitative estimate of drug-likeness (QED) is 0.563. The minimum Gasteiger partial charge on any atom is -0.481 e. The van der Waals surface area contributed by atoms with Gasteiger partial charge >= 0.3 is 12.1 Å². The van der Waals surface area contributed by atoms with E-state index in [1.165, 1.54) is 4.90 Å². The monoisotopic (exact) mass is 470 g/mol. The third-order valence-corrected chi connectivity index (χ3v) is 6.83. The average molecular weight is 471 g/mol. The summed E-state index contributed by atoms with van der Waals surface area (Å²) in [6.45, 7) is 0.607. The largest absolute Gasteiger partial charge is 0.481 e. The van der Waals surface area contributed by atoms with Crippen molar-refractivity contribution in [3.8, 4) is 11.1 Å². The van der Waals surface area contributed by atoms with Crippen LogP contribution in [0.1, 0.15) is 35.1 Å². The zero-order valence-corrected chi connectivity index (χ0v) is 19.1. The third kappa shape index (κ3) is 4.49. The number of carbonyl (C=O) groups is 3. The van der Waals surface area contributed by atoms with Crippen molar-refractivity contribution in [3.63, 3.8) is 0 Å². The van der Waals surface area contributed by atoms with Gasteiger partial charge in [0.1, 0.15) is 12.6 Å². The Morgan fingerprint density at radius 1 is 0.914 bits per heavy atom. The van der Waals surface area contributed by atoms with E-state index in [4.69, 9.17) is 4.74 Å². The van der Waals surface area contributed by atoms with Crippen LogP contribution in [-0.4, -0.2) is 47.7 Å². The van der Waals surface area contributed by atoms with E-state index in [-0.39, 0.29) is 25.0 Å². The smallest absolute Gasteiger partial charge is 0.408 e. The number of hydrogen-bond donors (Lipinski definition) is 2. The summed E-state index contributed by atoms with van der Waals surface area (Å²) in [5.74, 6) is -1.94. The number of likely N-dealkylation sites (tertiary alicyclic amines) is 1. The highest BCUT2D eigenvalue weighted by Gasteiger charge is 2.36. The summed E-state index contributed by atoms with van der Waals surface area (Å²) in [6, 6.07) is 24.1. The first kappa shape index (κ1) is 22.7. The molecular weight excluding hydrogens is 444 g/mol. The van der Waals surface area contributed by atoms with Crippen LogP contribution in [0.25, 0.3) is 11.1 Å². The lowest BCUT2D eigenvalue weighted by molar-refractivity contribution is -0.141. The number of nitrogens with one attached hydrogen (secondary N) is 1. The van der Waals surface area contributed by atoms with Crippen molar-refractivity contribution >= 4 is 18.0 Å². The minimum absolute atomic E-state index is 0.0890. The first-order valence-corrected chi connectivity index (χ1v) is 11.7. The van der Waals surface area contributed by atoms with Crippen LogP contribution in [0.15, 0.2) is 78.9 Å². The van der Waals surface area contributed by atoms with E-state index >= 15 is 0 Å². The number of nitrogens with zero attached hydrogens (tertiary/aromatic N) is 1. The van der Waals surface area contributed by atoms with Gasteiger partial charge in [-0.25, -0.2) is 4.79 Å². The average Bonchev–Trinajstić information content (AvgIpc) is 3.50. The number of carboxylic acid groups (broad SMARTS) is 1. The second kappa shape index (κ2) is 9.62. The molecule has 1 aliphatic heterocycles. The number of rotatable bonds is 6. The van der Waals surface area contributed by atoms with Gasteiger partial charge in [-0.3, -0.25) is 9.59 Å². The van der Waals surface area contributed by atoms with Gasteiger partial charge < -0.3 is 20.1 Å². The van der Waals surface area contributed by atoms with E-state index in [0.29, 0.717) is 18.5 Å². The van der Waals surface area contributed by atoms with E-state index in [9.17, 15) is 19.5 Å². The fraction of sp³-hybridized carbons (Fsp3) is 0.250. The highest BCUT2D eigenvalue weighted by atomic mass is 16.5. The van der Waals surface area contributed by atoms with Gasteiger partial charge in [-0.05, 0) is 34.2 Å². The van der Waals surface area contributed by atoms with Crippen LogP contribution in [0.3, 0.4) is 0 Å². The zero-order valence-electron chi connectivity index (χ0n) is 19.1. The molecule has 3 aromatic carbocycles. The molecule has 35 heavy (non-hydrogen) atoms.